The number of benzene rings is 2. The maximum Gasteiger partial charge on any atom is 0.144 e. The average Bonchev–Trinajstić information content (AvgIpc) is 2.69. The molecule has 0 amide bonds. The van der Waals surface area contributed by atoms with Crippen molar-refractivity contribution in [1.29, 1.82) is 0 Å². The van der Waals surface area contributed by atoms with Crippen LogP contribution in [0.1, 0.15) is 13.8 Å². The number of nitrogens with zero attached hydrogens (tertiary/aromatic N) is 2. The number of aromatic nitrogens is 2. The summed E-state index contributed by atoms with van der Waals surface area (Å²) in [6.07, 6.45) is 1.60. The quantitative estimate of drug-likeness (QED) is 0.551. The topological polar surface area (TPSA) is 77.5 Å². The Morgan fingerprint density at radius 1 is 0.929 bits per heavy atom. The average molecular weight is 380 g/mol. The molecule has 0 spiro atoms. The Morgan fingerprint density at radius 3 is 2.50 bits per heavy atom. The van der Waals surface area contributed by atoms with Crippen LogP contribution in [0.15, 0.2) is 54.9 Å². The van der Waals surface area contributed by atoms with Crippen molar-refractivity contribution in [3.05, 3.63) is 54.9 Å². The number of anilines is 3. The molecule has 3 rings (SSSR count). The van der Waals surface area contributed by atoms with Gasteiger partial charge in [-0.05, 0) is 44.2 Å². The highest BCUT2D eigenvalue weighted by molar-refractivity contribution is 5.72. The molecule has 0 saturated heterocycles. The summed E-state index contributed by atoms with van der Waals surface area (Å²) in [6.45, 7) is 4.00. The van der Waals surface area contributed by atoms with E-state index in [9.17, 15) is 0 Å². The summed E-state index contributed by atoms with van der Waals surface area (Å²) < 4.78 is 11.2. The van der Waals surface area contributed by atoms with Crippen molar-refractivity contribution >= 4 is 17.2 Å². The molecular weight excluding hydrogens is 356 g/mol. The Morgan fingerprint density at radius 2 is 1.75 bits per heavy atom. The lowest BCUT2D eigenvalue weighted by atomic mass is 10.1. The molecule has 0 aliphatic rings. The second kappa shape index (κ2) is 9.05. The van der Waals surface area contributed by atoms with Gasteiger partial charge in [-0.1, -0.05) is 12.1 Å². The van der Waals surface area contributed by atoms with E-state index in [0.717, 1.165) is 22.7 Å². The number of methoxy groups -OCH3 is 1. The fourth-order valence-corrected chi connectivity index (χ4v) is 2.73. The van der Waals surface area contributed by atoms with Crippen LogP contribution in [0, 0.1) is 0 Å². The van der Waals surface area contributed by atoms with Crippen LogP contribution >= 0.6 is 0 Å². The van der Waals surface area contributed by atoms with Gasteiger partial charge in [0.15, 0.2) is 0 Å². The first kappa shape index (κ1) is 19.4. The van der Waals surface area contributed by atoms with Crippen LogP contribution < -0.4 is 20.3 Å². The fraction of sp³-hybridized carbons (Fsp3) is 0.238. The molecule has 0 atom stereocenters. The number of para-hydroxylation sites is 1. The summed E-state index contributed by atoms with van der Waals surface area (Å²) in [5.41, 5.74) is 6.03. The van der Waals surface area contributed by atoms with Crippen molar-refractivity contribution in [3.8, 4) is 22.8 Å². The molecule has 1 aromatic heterocycles. The van der Waals surface area contributed by atoms with Crippen LogP contribution in [0.4, 0.5) is 17.2 Å². The van der Waals surface area contributed by atoms with Gasteiger partial charge in [-0.2, -0.15) is 0 Å². The second-order valence-electron chi connectivity index (χ2n) is 6.30. The summed E-state index contributed by atoms with van der Waals surface area (Å²) in [5.74, 6) is 2.13. The number of rotatable bonds is 8. The number of hydrogen-bond donors (Lipinski definition) is 2. The summed E-state index contributed by atoms with van der Waals surface area (Å²) in [5, 5.41) is 3.28. The third-order valence-electron chi connectivity index (χ3n) is 3.88. The normalized spacial score (nSPS) is 10.6. The molecule has 3 aromatic rings. The van der Waals surface area contributed by atoms with Gasteiger partial charge >= 0.3 is 0 Å². The molecule has 0 bridgehead atoms. The standard InChI is InChI=1S/C21H24N4O3/c1-14(2)28-19-8-6-5-7-16(19)17-12-21(23-13-22-17)24-15-9-10-20(26-3)18(11-15)25-27-4/h5-14,25H,1-4H3,(H,22,23,24). The van der Waals surface area contributed by atoms with E-state index in [0.29, 0.717) is 17.3 Å². The third kappa shape index (κ3) is 4.69. The molecule has 0 saturated carbocycles. The van der Waals surface area contributed by atoms with Gasteiger partial charge in [0.05, 0.1) is 26.0 Å². The lowest BCUT2D eigenvalue weighted by Gasteiger charge is -2.15. The molecule has 7 nitrogen and oxygen atoms in total. The van der Waals surface area contributed by atoms with Gasteiger partial charge in [0, 0.05) is 17.3 Å². The number of ether oxygens (including phenoxy) is 2. The van der Waals surface area contributed by atoms with Crippen LogP contribution in [-0.2, 0) is 4.84 Å². The van der Waals surface area contributed by atoms with E-state index >= 15 is 0 Å². The Bertz CT molecular complexity index is 931. The minimum absolute atomic E-state index is 0.0755. The Kier molecular flexibility index (Phi) is 6.29. The largest absolute Gasteiger partial charge is 0.495 e. The summed E-state index contributed by atoms with van der Waals surface area (Å²) >= 11 is 0. The zero-order valence-electron chi connectivity index (χ0n) is 16.4. The van der Waals surface area contributed by atoms with Crippen LogP contribution in [0.25, 0.3) is 11.3 Å². The van der Waals surface area contributed by atoms with E-state index in [2.05, 4.69) is 20.8 Å². The highest BCUT2D eigenvalue weighted by Crippen LogP contribution is 2.32. The summed E-state index contributed by atoms with van der Waals surface area (Å²) in [4.78, 5) is 13.7. The summed E-state index contributed by atoms with van der Waals surface area (Å²) in [6, 6.07) is 15.3. The summed E-state index contributed by atoms with van der Waals surface area (Å²) in [7, 11) is 3.16. The van der Waals surface area contributed by atoms with Crippen LogP contribution in [0.3, 0.4) is 0 Å². The smallest absolute Gasteiger partial charge is 0.144 e. The first-order valence-corrected chi connectivity index (χ1v) is 8.93. The highest BCUT2D eigenvalue weighted by atomic mass is 16.6. The predicted octanol–water partition coefficient (Wildman–Crippen LogP) is 4.66. The van der Waals surface area contributed by atoms with Crippen molar-refractivity contribution in [3.63, 3.8) is 0 Å². The minimum atomic E-state index is 0.0755. The first-order chi connectivity index (χ1) is 13.6. The van der Waals surface area contributed by atoms with E-state index in [1.54, 1.807) is 14.2 Å². The van der Waals surface area contributed by atoms with Crippen molar-refractivity contribution in [1.82, 2.24) is 9.97 Å². The van der Waals surface area contributed by atoms with E-state index in [4.69, 9.17) is 14.3 Å². The Labute approximate surface area is 164 Å². The first-order valence-electron chi connectivity index (χ1n) is 8.93. The molecule has 146 valence electrons. The zero-order valence-corrected chi connectivity index (χ0v) is 16.4. The second-order valence-corrected chi connectivity index (χ2v) is 6.30. The van der Waals surface area contributed by atoms with Gasteiger partial charge in [0.25, 0.3) is 0 Å². The number of nitrogens with one attached hydrogen (secondary N) is 2. The van der Waals surface area contributed by atoms with Crippen molar-refractivity contribution in [2.24, 2.45) is 0 Å². The molecule has 2 aromatic carbocycles. The van der Waals surface area contributed by atoms with Crippen molar-refractivity contribution < 1.29 is 14.3 Å². The Balaban J connectivity index is 1.88. The maximum atomic E-state index is 5.91. The fourth-order valence-electron chi connectivity index (χ4n) is 2.73. The molecule has 1 heterocycles. The van der Waals surface area contributed by atoms with Gasteiger partial charge in [-0.3, -0.25) is 10.3 Å². The Hall–Kier alpha value is -3.32. The maximum absolute atomic E-state index is 5.91. The SMILES string of the molecule is CONc1cc(Nc2cc(-c3ccccc3OC(C)C)ncn2)ccc1OC. The van der Waals surface area contributed by atoms with Crippen molar-refractivity contribution in [2.75, 3.05) is 25.0 Å². The highest BCUT2D eigenvalue weighted by Gasteiger charge is 2.11. The van der Waals surface area contributed by atoms with Gasteiger partial charge < -0.3 is 14.8 Å². The molecule has 0 aliphatic carbocycles. The van der Waals surface area contributed by atoms with E-state index in [1.165, 1.54) is 6.33 Å². The minimum Gasteiger partial charge on any atom is -0.495 e. The molecule has 2 N–H and O–H groups in total. The van der Waals surface area contributed by atoms with Gasteiger partial charge in [0.1, 0.15) is 29.3 Å². The van der Waals surface area contributed by atoms with Crippen LogP contribution in [0.5, 0.6) is 11.5 Å². The van der Waals surface area contributed by atoms with Crippen molar-refractivity contribution in [2.45, 2.75) is 20.0 Å². The van der Waals surface area contributed by atoms with Gasteiger partial charge in [-0.15, -0.1) is 0 Å². The zero-order chi connectivity index (χ0) is 19.9. The lowest BCUT2D eigenvalue weighted by molar-refractivity contribution is 0.243. The van der Waals surface area contributed by atoms with E-state index in [1.807, 2.05) is 62.4 Å². The molecule has 0 aliphatic heterocycles. The van der Waals surface area contributed by atoms with E-state index in [-0.39, 0.29) is 6.10 Å². The van der Waals surface area contributed by atoms with Gasteiger partial charge in [-0.25, -0.2) is 9.97 Å². The monoisotopic (exact) mass is 380 g/mol. The number of hydrogen-bond acceptors (Lipinski definition) is 7. The molecule has 0 radical (unpaired) electrons. The van der Waals surface area contributed by atoms with E-state index < -0.39 is 0 Å². The third-order valence-corrected chi connectivity index (χ3v) is 3.88. The van der Waals surface area contributed by atoms with Crippen LogP contribution in [0.2, 0.25) is 0 Å². The lowest BCUT2D eigenvalue weighted by Crippen LogP contribution is -2.06. The molecule has 0 fully saturated rings. The molecule has 7 heteroatoms. The predicted molar refractivity (Wildman–Crippen MR) is 110 cm³/mol. The molecule has 0 unspecified atom stereocenters. The van der Waals surface area contributed by atoms with Crippen LogP contribution in [-0.4, -0.2) is 30.3 Å². The molecular formula is C21H24N4O3. The van der Waals surface area contributed by atoms with Gasteiger partial charge in [0.2, 0.25) is 0 Å². The molecule has 28 heavy (non-hydrogen) atoms.